The average Bonchev–Trinajstić information content (AvgIpc) is 2.68. The Labute approximate surface area is 158 Å². The Morgan fingerprint density at radius 2 is 1.67 bits per heavy atom. The number of allylic oxidation sites excluding steroid dienone is 1. The molecule has 2 amide bonds. The number of ether oxygens (including phenoxy) is 3. The van der Waals surface area contributed by atoms with Crippen molar-refractivity contribution in [3.05, 3.63) is 46.7 Å². The van der Waals surface area contributed by atoms with Crippen molar-refractivity contribution < 1.29 is 28.6 Å². The first-order valence-corrected chi connectivity index (χ1v) is 8.39. The lowest BCUT2D eigenvalue weighted by Gasteiger charge is -2.39. The number of benzene rings is 1. The zero-order valence-electron chi connectivity index (χ0n) is 16.1. The van der Waals surface area contributed by atoms with E-state index in [1.54, 1.807) is 45.3 Å². The Bertz CT molecular complexity index is 756. The Kier molecular flexibility index (Phi) is 6.57. The van der Waals surface area contributed by atoms with Crippen LogP contribution in [0.3, 0.4) is 0 Å². The molecule has 146 valence electrons. The maximum atomic E-state index is 12.7. The van der Waals surface area contributed by atoms with Gasteiger partial charge in [0.2, 0.25) is 0 Å². The van der Waals surface area contributed by atoms with E-state index in [9.17, 15) is 14.4 Å². The Morgan fingerprint density at radius 3 is 2.22 bits per heavy atom. The van der Waals surface area contributed by atoms with E-state index in [4.69, 9.17) is 14.2 Å². The van der Waals surface area contributed by atoms with Crippen molar-refractivity contribution >= 4 is 18.0 Å². The van der Waals surface area contributed by atoms with Crippen molar-refractivity contribution in [3.63, 3.8) is 0 Å². The van der Waals surface area contributed by atoms with Crippen LogP contribution in [-0.4, -0.2) is 69.3 Å². The van der Waals surface area contributed by atoms with E-state index in [2.05, 4.69) is 0 Å². The zero-order chi connectivity index (χ0) is 20.1. The molecule has 0 spiro atoms. The van der Waals surface area contributed by atoms with Crippen molar-refractivity contribution in [3.8, 4) is 0 Å². The normalized spacial score (nSPS) is 17.2. The molecule has 1 aliphatic heterocycles. The number of carbonyl (C=O) groups is 3. The fourth-order valence-corrected chi connectivity index (χ4v) is 2.93. The van der Waals surface area contributed by atoms with Crippen molar-refractivity contribution in [2.24, 2.45) is 0 Å². The number of likely N-dealkylation sites (N-methyl/N-ethyl adjacent to an activating group) is 1. The molecule has 1 atom stereocenters. The molecule has 1 heterocycles. The predicted molar refractivity (Wildman–Crippen MR) is 97.0 cm³/mol. The van der Waals surface area contributed by atoms with Gasteiger partial charge in [0.1, 0.15) is 6.61 Å². The van der Waals surface area contributed by atoms with Crippen LogP contribution >= 0.6 is 0 Å². The van der Waals surface area contributed by atoms with Crippen molar-refractivity contribution in [1.29, 1.82) is 0 Å². The highest BCUT2D eigenvalue weighted by Gasteiger charge is 2.39. The Hall–Kier alpha value is -2.87. The molecule has 0 radical (unpaired) electrons. The fourth-order valence-electron chi connectivity index (χ4n) is 2.93. The SMILES string of the molecule is COCCOC(=O)C1=C(C)N(C)C(=O)N(C)[C@@H]1c1ccc(C(=O)OC)cc1. The van der Waals surface area contributed by atoms with Gasteiger partial charge in [-0.05, 0) is 24.6 Å². The molecule has 0 saturated carbocycles. The van der Waals surface area contributed by atoms with Crippen LogP contribution in [0.5, 0.6) is 0 Å². The van der Waals surface area contributed by atoms with Crippen molar-refractivity contribution in [1.82, 2.24) is 9.80 Å². The summed E-state index contributed by atoms with van der Waals surface area (Å²) in [7, 11) is 6.05. The maximum Gasteiger partial charge on any atom is 0.338 e. The van der Waals surface area contributed by atoms with Crippen LogP contribution in [0.1, 0.15) is 28.9 Å². The summed E-state index contributed by atoms with van der Waals surface area (Å²) in [5.74, 6) is -0.974. The first-order chi connectivity index (χ1) is 12.8. The molecule has 0 fully saturated rings. The number of carbonyl (C=O) groups excluding carboxylic acids is 3. The summed E-state index contributed by atoms with van der Waals surface area (Å²) in [6.07, 6.45) is 0. The third-order valence-electron chi connectivity index (χ3n) is 4.53. The van der Waals surface area contributed by atoms with Gasteiger partial charge in [-0.15, -0.1) is 0 Å². The minimum Gasteiger partial charge on any atom is -0.465 e. The molecule has 0 aromatic heterocycles. The monoisotopic (exact) mass is 376 g/mol. The fraction of sp³-hybridized carbons (Fsp3) is 0.421. The average molecular weight is 376 g/mol. The summed E-state index contributed by atoms with van der Waals surface area (Å²) in [6.45, 7) is 2.09. The Morgan fingerprint density at radius 1 is 1.04 bits per heavy atom. The van der Waals surface area contributed by atoms with E-state index in [0.717, 1.165) is 0 Å². The number of esters is 2. The molecule has 0 N–H and O–H groups in total. The van der Waals surface area contributed by atoms with Gasteiger partial charge in [-0.2, -0.15) is 0 Å². The molecule has 0 aliphatic carbocycles. The second-order valence-corrected chi connectivity index (χ2v) is 6.10. The second-order valence-electron chi connectivity index (χ2n) is 6.10. The molecular weight excluding hydrogens is 352 g/mol. The van der Waals surface area contributed by atoms with Crippen molar-refractivity contribution in [2.45, 2.75) is 13.0 Å². The third kappa shape index (κ3) is 4.11. The van der Waals surface area contributed by atoms with E-state index in [0.29, 0.717) is 22.4 Å². The van der Waals surface area contributed by atoms with Gasteiger partial charge in [-0.25, -0.2) is 14.4 Å². The lowest BCUT2D eigenvalue weighted by atomic mass is 9.93. The molecule has 1 aliphatic rings. The lowest BCUT2D eigenvalue weighted by Crippen LogP contribution is -2.47. The van der Waals surface area contributed by atoms with E-state index in [1.165, 1.54) is 24.0 Å². The largest absolute Gasteiger partial charge is 0.465 e. The quantitative estimate of drug-likeness (QED) is 0.557. The van der Waals surface area contributed by atoms with Crippen LogP contribution < -0.4 is 0 Å². The van der Waals surface area contributed by atoms with Gasteiger partial charge >= 0.3 is 18.0 Å². The number of methoxy groups -OCH3 is 2. The molecule has 0 bridgehead atoms. The number of hydrogen-bond donors (Lipinski definition) is 0. The highest BCUT2D eigenvalue weighted by atomic mass is 16.6. The molecule has 1 aromatic rings. The molecular formula is C19H24N2O6. The number of hydrogen-bond acceptors (Lipinski definition) is 6. The van der Waals surface area contributed by atoms with Gasteiger partial charge in [0.25, 0.3) is 0 Å². The molecule has 1 aromatic carbocycles. The number of amides is 2. The summed E-state index contributed by atoms with van der Waals surface area (Å²) >= 11 is 0. The number of urea groups is 1. The van der Waals surface area contributed by atoms with Crippen LogP contribution in [0.25, 0.3) is 0 Å². The van der Waals surface area contributed by atoms with Crippen LogP contribution in [0, 0.1) is 0 Å². The first kappa shape index (κ1) is 20.4. The van der Waals surface area contributed by atoms with Crippen LogP contribution in [0.2, 0.25) is 0 Å². The number of rotatable bonds is 6. The highest BCUT2D eigenvalue weighted by molar-refractivity contribution is 5.95. The van der Waals surface area contributed by atoms with Gasteiger partial charge < -0.3 is 24.0 Å². The maximum absolute atomic E-state index is 12.7. The van der Waals surface area contributed by atoms with E-state index in [1.807, 2.05) is 0 Å². The van der Waals surface area contributed by atoms with Gasteiger partial charge in [0.15, 0.2) is 0 Å². The summed E-state index contributed by atoms with van der Waals surface area (Å²) in [4.78, 5) is 39.8. The summed E-state index contributed by atoms with van der Waals surface area (Å²) < 4.78 is 14.9. The standard InChI is InChI=1S/C19H24N2O6/c1-12-15(18(23)27-11-10-25-4)16(21(3)19(24)20(12)2)13-6-8-14(9-7-13)17(22)26-5/h6-9,16H,10-11H2,1-5H3/t16-/m1/s1. The summed E-state index contributed by atoms with van der Waals surface area (Å²) in [5.41, 5.74) is 1.95. The van der Waals surface area contributed by atoms with Crippen LogP contribution in [0.15, 0.2) is 35.5 Å². The molecule has 27 heavy (non-hydrogen) atoms. The van der Waals surface area contributed by atoms with E-state index < -0.39 is 18.0 Å². The van der Waals surface area contributed by atoms with Gasteiger partial charge in [-0.3, -0.25) is 0 Å². The molecule has 2 rings (SSSR count). The lowest BCUT2D eigenvalue weighted by molar-refractivity contribution is -0.141. The van der Waals surface area contributed by atoms with Gasteiger partial charge in [0.05, 0.1) is 30.9 Å². The van der Waals surface area contributed by atoms with Crippen LogP contribution in [-0.2, 0) is 19.0 Å². The van der Waals surface area contributed by atoms with E-state index in [-0.39, 0.29) is 19.2 Å². The van der Waals surface area contributed by atoms with Gasteiger partial charge in [-0.1, -0.05) is 12.1 Å². The summed E-state index contributed by atoms with van der Waals surface area (Å²) in [6, 6.07) is 5.71. The van der Waals surface area contributed by atoms with E-state index >= 15 is 0 Å². The summed E-state index contributed by atoms with van der Waals surface area (Å²) in [5, 5.41) is 0. The minimum absolute atomic E-state index is 0.113. The first-order valence-electron chi connectivity index (χ1n) is 8.39. The highest BCUT2D eigenvalue weighted by Crippen LogP contribution is 2.36. The van der Waals surface area contributed by atoms with Gasteiger partial charge in [0, 0.05) is 26.9 Å². The second kappa shape index (κ2) is 8.68. The molecule has 0 unspecified atom stereocenters. The van der Waals surface area contributed by atoms with Crippen molar-refractivity contribution in [2.75, 3.05) is 41.5 Å². The molecule has 0 saturated heterocycles. The van der Waals surface area contributed by atoms with Crippen LogP contribution in [0.4, 0.5) is 4.79 Å². The third-order valence-corrected chi connectivity index (χ3v) is 4.53. The Balaban J connectivity index is 2.44. The molecule has 8 heteroatoms. The topological polar surface area (TPSA) is 85.4 Å². The molecule has 8 nitrogen and oxygen atoms in total. The zero-order valence-corrected chi connectivity index (χ0v) is 16.1. The number of nitrogens with zero attached hydrogens (tertiary/aromatic N) is 2. The smallest absolute Gasteiger partial charge is 0.338 e. The predicted octanol–water partition coefficient (Wildman–Crippen LogP) is 1.98. The minimum atomic E-state index is -0.629.